The largest absolute Gasteiger partial charge is 0.384 e. The van der Waals surface area contributed by atoms with Gasteiger partial charge in [-0.05, 0) is 74.8 Å². The lowest BCUT2D eigenvalue weighted by atomic mass is 9.89. The van der Waals surface area contributed by atoms with Crippen molar-refractivity contribution in [3.05, 3.63) is 70.9 Å². The number of H-pyrrole nitrogens is 1. The quantitative estimate of drug-likeness (QED) is 0.457. The Morgan fingerprint density at radius 3 is 2.59 bits per heavy atom. The first-order chi connectivity index (χ1) is 15.6. The van der Waals surface area contributed by atoms with Crippen molar-refractivity contribution in [1.82, 2.24) is 24.8 Å². The third kappa shape index (κ3) is 4.04. The molecule has 4 heterocycles. The first-order valence-electron chi connectivity index (χ1n) is 10.7. The van der Waals surface area contributed by atoms with Gasteiger partial charge in [0.2, 0.25) is 0 Å². The van der Waals surface area contributed by atoms with Crippen LogP contribution in [0.5, 0.6) is 0 Å². The second-order valence-electron chi connectivity index (χ2n) is 8.28. The van der Waals surface area contributed by atoms with Crippen LogP contribution in [-0.4, -0.2) is 45.0 Å². The highest BCUT2D eigenvalue weighted by molar-refractivity contribution is 5.92. The molecule has 8 heteroatoms. The van der Waals surface area contributed by atoms with E-state index in [2.05, 4.69) is 44.3 Å². The van der Waals surface area contributed by atoms with Gasteiger partial charge in [0.25, 0.3) is 5.56 Å². The van der Waals surface area contributed by atoms with Crippen molar-refractivity contribution in [3.8, 4) is 11.3 Å². The molecule has 5 rings (SSSR count). The van der Waals surface area contributed by atoms with Crippen LogP contribution in [0.15, 0.2) is 59.8 Å². The van der Waals surface area contributed by atoms with E-state index in [9.17, 15) is 4.79 Å². The standard InChI is InChI=1S/C24H25N7O/c1-31-10-8-16(9-11-31)15-2-5-18(6-3-15)29-23-22-20(27-14-28-24(22)32)12-19(30-23)17-4-7-21(25)26-13-17/h2-7,12-14,16H,8-11H2,1H3,(H2,25,26)(H,29,30)(H,27,28,32). The molecule has 3 aromatic heterocycles. The molecular weight excluding hydrogens is 402 g/mol. The molecule has 4 aromatic rings. The van der Waals surface area contributed by atoms with Crippen molar-refractivity contribution in [2.75, 3.05) is 31.2 Å². The van der Waals surface area contributed by atoms with E-state index in [1.54, 1.807) is 18.3 Å². The number of anilines is 3. The van der Waals surface area contributed by atoms with Crippen LogP contribution in [0.2, 0.25) is 0 Å². The van der Waals surface area contributed by atoms with E-state index in [1.807, 2.05) is 18.2 Å². The van der Waals surface area contributed by atoms with Gasteiger partial charge < -0.3 is 20.9 Å². The van der Waals surface area contributed by atoms with Gasteiger partial charge in [0, 0.05) is 17.4 Å². The molecule has 8 nitrogen and oxygen atoms in total. The number of aromatic amines is 1. The zero-order valence-corrected chi connectivity index (χ0v) is 17.9. The first kappa shape index (κ1) is 20.1. The van der Waals surface area contributed by atoms with E-state index in [0.29, 0.717) is 34.2 Å². The maximum Gasteiger partial charge on any atom is 0.262 e. The normalized spacial score (nSPS) is 15.2. The number of pyridine rings is 2. The summed E-state index contributed by atoms with van der Waals surface area (Å²) in [5.74, 6) is 1.48. The van der Waals surface area contributed by atoms with Crippen LogP contribution in [0.4, 0.5) is 17.3 Å². The first-order valence-corrected chi connectivity index (χ1v) is 10.7. The molecule has 0 unspecified atom stereocenters. The molecule has 0 spiro atoms. The Kier molecular flexibility index (Phi) is 5.28. The minimum atomic E-state index is -0.241. The Morgan fingerprint density at radius 1 is 1.09 bits per heavy atom. The summed E-state index contributed by atoms with van der Waals surface area (Å²) in [5, 5.41) is 3.74. The molecule has 1 saturated heterocycles. The average Bonchev–Trinajstić information content (AvgIpc) is 2.80. The average molecular weight is 428 g/mol. The number of nitrogen functional groups attached to an aromatic ring is 1. The Balaban J connectivity index is 1.49. The van der Waals surface area contributed by atoms with E-state index in [-0.39, 0.29) is 5.56 Å². The Hall–Kier alpha value is -3.78. The minimum Gasteiger partial charge on any atom is -0.384 e. The summed E-state index contributed by atoms with van der Waals surface area (Å²) >= 11 is 0. The maximum absolute atomic E-state index is 12.6. The van der Waals surface area contributed by atoms with E-state index in [1.165, 1.54) is 24.7 Å². The van der Waals surface area contributed by atoms with Crippen molar-refractivity contribution >= 4 is 28.2 Å². The SMILES string of the molecule is CN1CCC(c2ccc(Nc3nc(-c4ccc(N)nc4)cc4nc[nH]c(=O)c34)cc2)CC1. The second kappa shape index (κ2) is 8.39. The Labute approximate surface area is 185 Å². The fraction of sp³-hybridized carbons (Fsp3) is 0.250. The van der Waals surface area contributed by atoms with Crippen molar-refractivity contribution in [2.45, 2.75) is 18.8 Å². The number of nitrogens with two attached hydrogens (primary N) is 1. The Bertz CT molecular complexity index is 1290. The summed E-state index contributed by atoms with van der Waals surface area (Å²) < 4.78 is 0. The number of fused-ring (bicyclic) bond motifs is 1. The second-order valence-corrected chi connectivity index (χ2v) is 8.28. The van der Waals surface area contributed by atoms with Crippen LogP contribution in [0, 0.1) is 0 Å². The summed E-state index contributed by atoms with van der Waals surface area (Å²) in [6.07, 6.45) is 5.41. The molecular formula is C24H25N7O. The summed E-state index contributed by atoms with van der Waals surface area (Å²) in [6.45, 7) is 2.26. The molecule has 1 fully saturated rings. The fourth-order valence-corrected chi connectivity index (χ4v) is 4.20. The molecule has 1 aliphatic rings. The van der Waals surface area contributed by atoms with Crippen molar-refractivity contribution < 1.29 is 0 Å². The summed E-state index contributed by atoms with van der Waals surface area (Å²) in [7, 11) is 2.17. The lowest BCUT2D eigenvalue weighted by Gasteiger charge is -2.29. The number of aromatic nitrogens is 4. The van der Waals surface area contributed by atoms with Crippen LogP contribution in [0.3, 0.4) is 0 Å². The summed E-state index contributed by atoms with van der Waals surface area (Å²) in [5.41, 5.74) is 9.70. The predicted octanol–water partition coefficient (Wildman–Crippen LogP) is 3.52. The molecule has 4 N–H and O–H groups in total. The van der Waals surface area contributed by atoms with Crippen LogP contribution < -0.4 is 16.6 Å². The minimum absolute atomic E-state index is 0.241. The number of hydrogen-bond donors (Lipinski definition) is 3. The van der Waals surface area contributed by atoms with Gasteiger partial charge in [-0.25, -0.2) is 15.0 Å². The number of likely N-dealkylation sites (tertiary alicyclic amines) is 1. The van der Waals surface area contributed by atoms with Crippen LogP contribution >= 0.6 is 0 Å². The molecule has 1 aliphatic heterocycles. The van der Waals surface area contributed by atoms with Crippen molar-refractivity contribution in [1.29, 1.82) is 0 Å². The Morgan fingerprint density at radius 2 is 1.88 bits per heavy atom. The van der Waals surface area contributed by atoms with Gasteiger partial charge in [-0.3, -0.25) is 4.79 Å². The molecule has 162 valence electrons. The van der Waals surface area contributed by atoms with Gasteiger partial charge in [0.05, 0.1) is 17.5 Å². The van der Waals surface area contributed by atoms with Gasteiger partial charge in [-0.1, -0.05) is 12.1 Å². The van der Waals surface area contributed by atoms with Gasteiger partial charge in [-0.15, -0.1) is 0 Å². The number of hydrogen-bond acceptors (Lipinski definition) is 7. The zero-order valence-electron chi connectivity index (χ0n) is 17.9. The molecule has 0 amide bonds. The van der Waals surface area contributed by atoms with E-state index < -0.39 is 0 Å². The van der Waals surface area contributed by atoms with Crippen LogP contribution in [0.1, 0.15) is 24.3 Å². The number of piperidine rings is 1. The number of benzene rings is 1. The lowest BCUT2D eigenvalue weighted by molar-refractivity contribution is 0.255. The molecule has 1 aromatic carbocycles. The number of nitrogens with zero attached hydrogens (tertiary/aromatic N) is 4. The zero-order chi connectivity index (χ0) is 22.1. The van der Waals surface area contributed by atoms with Gasteiger partial charge in [-0.2, -0.15) is 0 Å². The fourth-order valence-electron chi connectivity index (χ4n) is 4.20. The lowest BCUT2D eigenvalue weighted by Crippen LogP contribution is -2.29. The van der Waals surface area contributed by atoms with Crippen molar-refractivity contribution in [3.63, 3.8) is 0 Å². The van der Waals surface area contributed by atoms with Crippen LogP contribution in [-0.2, 0) is 0 Å². The number of rotatable bonds is 4. The van der Waals surface area contributed by atoms with Gasteiger partial charge in [0.15, 0.2) is 0 Å². The monoisotopic (exact) mass is 427 g/mol. The maximum atomic E-state index is 12.6. The third-order valence-electron chi connectivity index (χ3n) is 6.07. The molecule has 0 saturated carbocycles. The van der Waals surface area contributed by atoms with Crippen LogP contribution in [0.25, 0.3) is 22.2 Å². The van der Waals surface area contributed by atoms with Crippen molar-refractivity contribution in [2.24, 2.45) is 0 Å². The molecule has 0 bridgehead atoms. The summed E-state index contributed by atoms with van der Waals surface area (Å²) in [6, 6.07) is 13.8. The van der Waals surface area contributed by atoms with Gasteiger partial charge in [0.1, 0.15) is 17.0 Å². The summed E-state index contributed by atoms with van der Waals surface area (Å²) in [4.78, 5) is 30.8. The van der Waals surface area contributed by atoms with Gasteiger partial charge >= 0.3 is 0 Å². The third-order valence-corrected chi connectivity index (χ3v) is 6.07. The molecule has 0 atom stereocenters. The molecule has 0 aliphatic carbocycles. The number of nitrogens with one attached hydrogen (secondary N) is 2. The topological polar surface area (TPSA) is 113 Å². The predicted molar refractivity (Wildman–Crippen MR) is 127 cm³/mol. The van der Waals surface area contributed by atoms with E-state index in [0.717, 1.165) is 24.3 Å². The molecule has 32 heavy (non-hydrogen) atoms. The van der Waals surface area contributed by atoms with E-state index in [4.69, 9.17) is 10.7 Å². The molecule has 0 radical (unpaired) electrons. The highest BCUT2D eigenvalue weighted by Crippen LogP contribution is 2.30. The highest BCUT2D eigenvalue weighted by atomic mass is 16.1. The smallest absolute Gasteiger partial charge is 0.262 e. The highest BCUT2D eigenvalue weighted by Gasteiger charge is 2.18. The van der Waals surface area contributed by atoms with E-state index >= 15 is 0 Å².